The third-order valence-electron chi connectivity index (χ3n) is 15.1. The van der Waals surface area contributed by atoms with E-state index in [1.165, 1.54) is 5.56 Å². The standard InChI is InChI=1S/C38H56O4/c1-24-15-18-38(33(41)42-7)20-19-36(5)28(31(38)25(24)2)13-14-30-34(3)22-27(21-26-11-9-8-10-12-26)32(40)35(4,23-39)29(34)16-17-37(30,36)6/h8-13,24-25,27,29-32,39-40H,14-23H2,1-7H3/t24-,25+,27-,29-,30-,31+,32+,34+,35+,36-,37-,38+/m1/s1. The number of ether oxygens (including phenoxy) is 1. The van der Waals surface area contributed by atoms with Crippen LogP contribution < -0.4 is 0 Å². The third-order valence-corrected chi connectivity index (χ3v) is 15.1. The van der Waals surface area contributed by atoms with Gasteiger partial charge in [0.2, 0.25) is 0 Å². The Kier molecular flexibility index (Phi) is 7.37. The number of aliphatic hydroxyl groups excluding tert-OH is 2. The lowest BCUT2D eigenvalue weighted by Gasteiger charge is -2.72. The van der Waals surface area contributed by atoms with Crippen molar-refractivity contribution < 1.29 is 19.7 Å². The highest BCUT2D eigenvalue weighted by molar-refractivity contribution is 5.78. The van der Waals surface area contributed by atoms with E-state index in [-0.39, 0.29) is 52.0 Å². The Morgan fingerprint density at radius 2 is 1.69 bits per heavy atom. The number of methoxy groups -OCH3 is 1. The van der Waals surface area contributed by atoms with Crippen molar-refractivity contribution in [3.05, 3.63) is 47.5 Å². The predicted octanol–water partition coefficient (Wildman–Crippen LogP) is 7.62. The van der Waals surface area contributed by atoms with Crippen molar-refractivity contribution in [2.75, 3.05) is 13.7 Å². The fraction of sp³-hybridized carbons (Fsp3) is 0.763. The lowest BCUT2D eigenvalue weighted by atomic mass is 9.32. The number of esters is 1. The van der Waals surface area contributed by atoms with Crippen LogP contribution in [0.3, 0.4) is 0 Å². The second-order valence-corrected chi connectivity index (χ2v) is 16.6. The molecule has 1 aromatic carbocycles. The molecular weight excluding hydrogens is 520 g/mol. The summed E-state index contributed by atoms with van der Waals surface area (Å²) in [6.45, 7) is 14.6. The first kappa shape index (κ1) is 30.4. The number of benzene rings is 1. The van der Waals surface area contributed by atoms with Gasteiger partial charge in [-0.05, 0) is 115 Å². The summed E-state index contributed by atoms with van der Waals surface area (Å²) < 4.78 is 5.56. The minimum Gasteiger partial charge on any atom is -0.469 e. The Balaban J connectivity index is 1.43. The number of rotatable bonds is 4. The number of carbonyl (C=O) groups excluding carboxylic acids is 1. The van der Waals surface area contributed by atoms with Crippen LogP contribution in [-0.4, -0.2) is 36.0 Å². The first-order chi connectivity index (χ1) is 19.8. The van der Waals surface area contributed by atoms with Gasteiger partial charge in [-0.2, -0.15) is 0 Å². The quantitative estimate of drug-likeness (QED) is 0.286. The Bertz CT molecular complexity index is 1220. The highest BCUT2D eigenvalue weighted by Gasteiger charge is 2.70. The molecule has 12 atom stereocenters. The molecule has 4 fully saturated rings. The van der Waals surface area contributed by atoms with E-state index in [1.807, 2.05) is 0 Å². The maximum Gasteiger partial charge on any atom is 0.312 e. The Labute approximate surface area is 254 Å². The van der Waals surface area contributed by atoms with Crippen molar-refractivity contribution >= 4 is 5.97 Å². The van der Waals surface area contributed by atoms with Crippen molar-refractivity contribution in [2.24, 2.45) is 62.6 Å². The molecule has 6 rings (SSSR count). The maximum absolute atomic E-state index is 13.6. The van der Waals surface area contributed by atoms with E-state index in [4.69, 9.17) is 4.74 Å². The molecule has 1 aromatic rings. The largest absolute Gasteiger partial charge is 0.469 e. The van der Waals surface area contributed by atoms with Crippen molar-refractivity contribution in [1.29, 1.82) is 0 Å². The van der Waals surface area contributed by atoms with Gasteiger partial charge in [0.1, 0.15) is 0 Å². The lowest BCUT2D eigenvalue weighted by Crippen LogP contribution is -2.67. The fourth-order valence-electron chi connectivity index (χ4n) is 12.5. The molecule has 0 radical (unpaired) electrons. The molecule has 232 valence electrons. The lowest BCUT2D eigenvalue weighted by molar-refractivity contribution is -0.232. The van der Waals surface area contributed by atoms with Crippen LogP contribution >= 0.6 is 0 Å². The van der Waals surface area contributed by atoms with Crippen LogP contribution in [0.1, 0.15) is 98.5 Å². The van der Waals surface area contributed by atoms with E-state index >= 15 is 0 Å². The van der Waals surface area contributed by atoms with Crippen molar-refractivity contribution in [3.8, 4) is 0 Å². The summed E-state index contributed by atoms with van der Waals surface area (Å²) in [5.41, 5.74) is 2.06. The van der Waals surface area contributed by atoms with Crippen LogP contribution in [-0.2, 0) is 16.0 Å². The molecule has 0 saturated heterocycles. The highest BCUT2D eigenvalue weighted by Crippen LogP contribution is 2.76. The number of hydrogen-bond acceptors (Lipinski definition) is 4. The zero-order chi connectivity index (χ0) is 30.3. The SMILES string of the molecule is COC(=O)[C@]12CC[C@@H](C)[C@H](C)[C@H]1C1=CC[C@@H]3[C@@]4(C)C[C@@H](Cc5ccccc5)[C@H](O)[C@@](C)(CO)[C@@H]4CC[C@@]3(C)[C@]1(C)CC2. The molecule has 0 bridgehead atoms. The summed E-state index contributed by atoms with van der Waals surface area (Å²) >= 11 is 0. The summed E-state index contributed by atoms with van der Waals surface area (Å²) in [7, 11) is 1.58. The van der Waals surface area contributed by atoms with Crippen molar-refractivity contribution in [1.82, 2.24) is 0 Å². The van der Waals surface area contributed by atoms with Gasteiger partial charge in [0.25, 0.3) is 0 Å². The van der Waals surface area contributed by atoms with Crippen LogP contribution in [0.15, 0.2) is 42.0 Å². The normalized spacial score (nSPS) is 49.9. The molecule has 0 amide bonds. The Morgan fingerprint density at radius 1 is 0.976 bits per heavy atom. The predicted molar refractivity (Wildman–Crippen MR) is 167 cm³/mol. The topological polar surface area (TPSA) is 66.8 Å². The number of hydrogen-bond donors (Lipinski definition) is 2. The summed E-state index contributed by atoms with van der Waals surface area (Å²) in [4.78, 5) is 13.6. The second kappa shape index (κ2) is 10.2. The molecule has 5 aliphatic rings. The average molecular weight is 577 g/mol. The van der Waals surface area contributed by atoms with Gasteiger partial charge in [0, 0.05) is 5.41 Å². The highest BCUT2D eigenvalue weighted by atomic mass is 16.5. The van der Waals surface area contributed by atoms with Gasteiger partial charge >= 0.3 is 5.97 Å². The van der Waals surface area contributed by atoms with Crippen molar-refractivity contribution in [3.63, 3.8) is 0 Å². The molecule has 4 nitrogen and oxygen atoms in total. The van der Waals surface area contributed by atoms with Crippen LogP contribution in [0, 0.1) is 62.6 Å². The molecule has 0 spiro atoms. The van der Waals surface area contributed by atoms with Gasteiger partial charge in [-0.3, -0.25) is 4.79 Å². The van der Waals surface area contributed by atoms with Gasteiger partial charge in [-0.25, -0.2) is 0 Å². The van der Waals surface area contributed by atoms with E-state index in [9.17, 15) is 15.0 Å². The van der Waals surface area contributed by atoms with E-state index < -0.39 is 11.5 Å². The van der Waals surface area contributed by atoms with Gasteiger partial charge in [-0.1, -0.05) is 83.5 Å². The molecule has 0 aliphatic heterocycles. The molecule has 42 heavy (non-hydrogen) atoms. The fourth-order valence-corrected chi connectivity index (χ4v) is 12.5. The number of carbonyl (C=O) groups is 1. The molecular formula is C38H56O4. The van der Waals surface area contributed by atoms with Crippen molar-refractivity contribution in [2.45, 2.75) is 105 Å². The molecule has 5 aliphatic carbocycles. The van der Waals surface area contributed by atoms with Gasteiger partial charge < -0.3 is 14.9 Å². The van der Waals surface area contributed by atoms with E-state index in [0.717, 1.165) is 57.8 Å². The minimum absolute atomic E-state index is 0.0105. The van der Waals surface area contributed by atoms with E-state index in [1.54, 1.807) is 12.7 Å². The summed E-state index contributed by atoms with van der Waals surface area (Å²) in [6.07, 6.45) is 11.1. The third kappa shape index (κ3) is 3.88. The Hall–Kier alpha value is -1.65. The summed E-state index contributed by atoms with van der Waals surface area (Å²) in [5, 5.41) is 22.8. The minimum atomic E-state index is -0.518. The molecule has 4 heteroatoms. The molecule has 4 saturated carbocycles. The summed E-state index contributed by atoms with van der Waals surface area (Å²) in [6, 6.07) is 10.6. The van der Waals surface area contributed by atoms with Gasteiger partial charge in [0.05, 0.1) is 25.2 Å². The average Bonchev–Trinajstić information content (AvgIpc) is 2.98. The molecule has 0 heterocycles. The van der Waals surface area contributed by atoms with Gasteiger partial charge in [0.15, 0.2) is 0 Å². The van der Waals surface area contributed by atoms with Crippen LogP contribution in [0.5, 0.6) is 0 Å². The van der Waals surface area contributed by atoms with Crippen LogP contribution in [0.2, 0.25) is 0 Å². The zero-order valence-corrected chi connectivity index (χ0v) is 27.3. The molecule has 2 N–H and O–H groups in total. The smallest absolute Gasteiger partial charge is 0.312 e. The first-order valence-corrected chi connectivity index (χ1v) is 16.9. The Morgan fingerprint density at radius 3 is 2.36 bits per heavy atom. The van der Waals surface area contributed by atoms with Gasteiger partial charge in [-0.15, -0.1) is 0 Å². The zero-order valence-electron chi connectivity index (χ0n) is 27.3. The monoisotopic (exact) mass is 576 g/mol. The molecule has 0 unspecified atom stereocenters. The first-order valence-electron chi connectivity index (χ1n) is 16.9. The summed E-state index contributed by atoms with van der Waals surface area (Å²) in [5.74, 6) is 2.17. The molecule has 0 aromatic heterocycles. The maximum atomic E-state index is 13.6. The van der Waals surface area contributed by atoms with E-state index in [2.05, 4.69) is 78.0 Å². The number of allylic oxidation sites excluding steroid dienone is 2. The van der Waals surface area contributed by atoms with Crippen LogP contribution in [0.25, 0.3) is 0 Å². The second-order valence-electron chi connectivity index (χ2n) is 16.6. The number of fused-ring (bicyclic) bond motifs is 7. The van der Waals surface area contributed by atoms with Crippen LogP contribution in [0.4, 0.5) is 0 Å². The number of aliphatic hydroxyl groups is 2. The van der Waals surface area contributed by atoms with E-state index in [0.29, 0.717) is 17.8 Å².